The van der Waals surface area contributed by atoms with Crippen molar-refractivity contribution in [3.05, 3.63) is 94.5 Å². The molecule has 2 atom stereocenters. The van der Waals surface area contributed by atoms with E-state index in [-0.39, 0.29) is 26.3 Å². The van der Waals surface area contributed by atoms with Gasteiger partial charge in [-0.2, -0.15) is 0 Å². The summed E-state index contributed by atoms with van der Waals surface area (Å²) in [6.45, 7) is 2.80. The van der Waals surface area contributed by atoms with Crippen LogP contribution in [0.5, 0.6) is 0 Å². The second-order valence-electron chi connectivity index (χ2n) is 11.2. The number of fused-ring (bicyclic) bond motifs is 1. The van der Waals surface area contributed by atoms with Crippen molar-refractivity contribution >= 4 is 44.8 Å². The summed E-state index contributed by atoms with van der Waals surface area (Å²) >= 11 is 6.10. The molecule has 3 aromatic rings. The molecule has 3 aromatic carbocycles. The Labute approximate surface area is 265 Å². The summed E-state index contributed by atoms with van der Waals surface area (Å²) < 4.78 is 26.4. The fourth-order valence-corrected chi connectivity index (χ4v) is 6.96. The molecule has 0 aliphatic carbocycles. The smallest absolute Gasteiger partial charge is 0.245 e. The Morgan fingerprint density at radius 3 is 2.36 bits per heavy atom. The van der Waals surface area contributed by atoms with Gasteiger partial charge in [-0.1, -0.05) is 60.1 Å². The fourth-order valence-electron chi connectivity index (χ4n) is 5.88. The van der Waals surface area contributed by atoms with Crippen molar-refractivity contribution in [2.75, 3.05) is 54.7 Å². The van der Waals surface area contributed by atoms with Crippen LogP contribution in [0.1, 0.15) is 18.1 Å². The van der Waals surface area contributed by atoms with Crippen molar-refractivity contribution in [3.8, 4) is 0 Å². The lowest BCUT2D eigenvalue weighted by molar-refractivity contribution is -0.137. The normalized spacial score (nSPS) is 17.5. The predicted octanol–water partition coefficient (Wildman–Crippen LogP) is 2.40. The van der Waals surface area contributed by atoms with E-state index in [1.165, 1.54) is 16.1 Å². The van der Waals surface area contributed by atoms with Crippen LogP contribution in [0.4, 0.5) is 11.4 Å². The second kappa shape index (κ2) is 14.0. The quantitative estimate of drug-likeness (QED) is 0.311. The lowest BCUT2D eigenvalue weighted by Gasteiger charge is -2.39. The molecule has 236 valence electrons. The first-order chi connectivity index (χ1) is 21.1. The molecule has 2 aliphatic rings. The maximum absolute atomic E-state index is 14.0. The molecule has 0 saturated carbocycles. The lowest BCUT2D eigenvalue weighted by Crippen LogP contribution is -2.58. The summed E-state index contributed by atoms with van der Waals surface area (Å²) in [5.74, 6) is -0.363. The summed E-state index contributed by atoms with van der Waals surface area (Å²) in [5.41, 5.74) is 10.3. The van der Waals surface area contributed by atoms with Gasteiger partial charge in [0.25, 0.3) is 0 Å². The molecule has 1 saturated heterocycles. The summed E-state index contributed by atoms with van der Waals surface area (Å²) in [6, 6.07) is 21.5. The number of amides is 2. The molecule has 1 fully saturated rings. The van der Waals surface area contributed by atoms with E-state index in [1.807, 2.05) is 42.5 Å². The Balaban J connectivity index is 0.00000461. The Morgan fingerprint density at radius 2 is 1.68 bits per heavy atom. The van der Waals surface area contributed by atoms with Gasteiger partial charge in [0, 0.05) is 58.7 Å². The summed E-state index contributed by atoms with van der Waals surface area (Å²) in [5, 5.41) is 6.96. The number of benzene rings is 3. The van der Waals surface area contributed by atoms with Crippen molar-refractivity contribution in [1.29, 1.82) is 0 Å². The van der Waals surface area contributed by atoms with E-state index in [9.17, 15) is 18.0 Å². The molecule has 2 aliphatic heterocycles. The van der Waals surface area contributed by atoms with Crippen molar-refractivity contribution in [1.82, 2.24) is 15.5 Å². The Morgan fingerprint density at radius 1 is 1.02 bits per heavy atom. The third-order valence-corrected chi connectivity index (χ3v) is 9.61. The van der Waals surface area contributed by atoms with Gasteiger partial charge in [0.2, 0.25) is 21.8 Å². The van der Waals surface area contributed by atoms with Crippen LogP contribution in [0.25, 0.3) is 0 Å². The first-order valence-electron chi connectivity index (χ1n) is 14.8. The highest BCUT2D eigenvalue weighted by atomic mass is 35.5. The molecule has 0 aromatic heterocycles. The number of sulfonamides is 1. The maximum Gasteiger partial charge on any atom is 0.245 e. The zero-order chi connectivity index (χ0) is 31.3. The number of nitrogens with zero attached hydrogens (tertiary/aromatic N) is 3. The number of nitrogens with two attached hydrogens (primary N) is 1. The standard InChI is InChI=1S/C32H39ClN6O4S.H2/c1-44(42,43)39(15-14-34)30-9-5-4-8-29(30)37-16-18-38(19-17-37)32(41)28(20-23-10-12-26(33)13-11-23)36-31(40)27-21-24-6-2-3-7-25(24)22-35-27;/h2-13,27-28,35H,14-22,34H2,1H3,(H,36,40);1H/t27-,28+;/m0./s1. The van der Waals surface area contributed by atoms with E-state index in [0.29, 0.717) is 56.3 Å². The van der Waals surface area contributed by atoms with Gasteiger partial charge in [0.05, 0.1) is 23.7 Å². The average Bonchev–Trinajstić information content (AvgIpc) is 3.03. The van der Waals surface area contributed by atoms with E-state index < -0.39 is 22.1 Å². The van der Waals surface area contributed by atoms with Crippen LogP contribution in [-0.2, 0) is 39.0 Å². The molecule has 0 bridgehead atoms. The van der Waals surface area contributed by atoms with E-state index in [0.717, 1.165) is 16.8 Å². The van der Waals surface area contributed by atoms with Gasteiger partial charge < -0.3 is 26.2 Å². The summed E-state index contributed by atoms with van der Waals surface area (Å²) in [7, 11) is -3.54. The number of carbonyl (C=O) groups is 2. The minimum atomic E-state index is -3.54. The van der Waals surface area contributed by atoms with E-state index >= 15 is 0 Å². The van der Waals surface area contributed by atoms with Crippen molar-refractivity contribution in [3.63, 3.8) is 0 Å². The molecule has 12 heteroatoms. The molecular weight excluding hydrogens is 600 g/mol. The number of anilines is 2. The van der Waals surface area contributed by atoms with Gasteiger partial charge in [-0.15, -0.1) is 0 Å². The maximum atomic E-state index is 14.0. The third kappa shape index (κ3) is 7.52. The molecule has 0 radical (unpaired) electrons. The largest absolute Gasteiger partial charge is 0.366 e. The number of hydrogen-bond acceptors (Lipinski definition) is 7. The molecule has 44 heavy (non-hydrogen) atoms. The molecule has 2 heterocycles. The van der Waals surface area contributed by atoms with Gasteiger partial charge in [-0.3, -0.25) is 13.9 Å². The molecule has 4 N–H and O–H groups in total. The number of rotatable bonds is 10. The number of hydrogen-bond donors (Lipinski definition) is 3. The SMILES string of the molecule is CS(=O)(=O)N(CCN)c1ccccc1N1CCN(C(=O)[C@@H](Cc2ccc(Cl)cc2)NC(=O)[C@@H]2Cc3ccccc3CN2)CC1.[HH]. The van der Waals surface area contributed by atoms with Crippen LogP contribution in [0.3, 0.4) is 0 Å². The number of carbonyl (C=O) groups excluding carboxylic acids is 2. The van der Waals surface area contributed by atoms with E-state index in [4.69, 9.17) is 17.3 Å². The Hall–Kier alpha value is -3.64. The van der Waals surface area contributed by atoms with Crippen LogP contribution >= 0.6 is 11.6 Å². The third-order valence-electron chi connectivity index (χ3n) is 8.18. The number of para-hydroxylation sites is 2. The highest BCUT2D eigenvalue weighted by molar-refractivity contribution is 7.92. The number of halogens is 1. The van der Waals surface area contributed by atoms with Crippen molar-refractivity contribution < 1.29 is 19.4 Å². The first kappa shape index (κ1) is 31.8. The second-order valence-corrected chi connectivity index (χ2v) is 13.6. The van der Waals surface area contributed by atoms with Gasteiger partial charge in [0.15, 0.2) is 0 Å². The van der Waals surface area contributed by atoms with Crippen LogP contribution in [0, 0.1) is 0 Å². The Kier molecular flexibility index (Phi) is 10.1. The van der Waals surface area contributed by atoms with E-state index in [1.54, 1.807) is 29.2 Å². The molecule has 5 rings (SSSR count). The molecule has 0 unspecified atom stereocenters. The van der Waals surface area contributed by atoms with Crippen LogP contribution in [0.2, 0.25) is 5.02 Å². The monoisotopic (exact) mass is 640 g/mol. The van der Waals surface area contributed by atoms with Crippen LogP contribution in [0.15, 0.2) is 72.8 Å². The highest BCUT2D eigenvalue weighted by Gasteiger charge is 2.33. The van der Waals surface area contributed by atoms with Crippen molar-refractivity contribution in [2.24, 2.45) is 5.73 Å². The highest BCUT2D eigenvalue weighted by Crippen LogP contribution is 2.31. The Bertz CT molecular complexity index is 1580. The van der Waals surface area contributed by atoms with Crippen molar-refractivity contribution in [2.45, 2.75) is 31.5 Å². The predicted molar refractivity (Wildman–Crippen MR) is 176 cm³/mol. The number of piperazine rings is 1. The molecule has 2 amide bonds. The van der Waals surface area contributed by atoms with Gasteiger partial charge in [-0.05, 0) is 47.4 Å². The summed E-state index contributed by atoms with van der Waals surface area (Å²) in [6.07, 6.45) is 2.06. The molecular formula is C32H41ClN6O4S. The van der Waals surface area contributed by atoms with Gasteiger partial charge in [-0.25, -0.2) is 8.42 Å². The zero-order valence-corrected chi connectivity index (χ0v) is 26.4. The first-order valence-corrected chi connectivity index (χ1v) is 17.0. The van der Waals surface area contributed by atoms with E-state index in [2.05, 4.69) is 21.6 Å². The fraction of sp³-hybridized carbons (Fsp3) is 0.375. The summed E-state index contributed by atoms with van der Waals surface area (Å²) in [4.78, 5) is 31.3. The lowest BCUT2D eigenvalue weighted by atomic mass is 9.95. The van der Waals surface area contributed by atoms with Gasteiger partial charge >= 0.3 is 0 Å². The topological polar surface area (TPSA) is 128 Å². The zero-order valence-electron chi connectivity index (χ0n) is 24.8. The van der Waals surface area contributed by atoms with Crippen LogP contribution in [-0.4, -0.2) is 82.7 Å². The van der Waals surface area contributed by atoms with Gasteiger partial charge in [0.1, 0.15) is 6.04 Å². The molecule has 0 spiro atoms. The van der Waals surface area contributed by atoms with Crippen LogP contribution < -0.4 is 25.6 Å². The molecule has 10 nitrogen and oxygen atoms in total. The minimum Gasteiger partial charge on any atom is -0.366 e. The minimum absolute atomic E-state index is 0. The number of nitrogens with one attached hydrogen (secondary N) is 2. The average molecular weight is 641 g/mol.